The van der Waals surface area contributed by atoms with Crippen LogP contribution in [-0.4, -0.2) is 0 Å². The fourth-order valence-electron chi connectivity index (χ4n) is 6.88. The molecule has 0 saturated heterocycles. The van der Waals surface area contributed by atoms with Crippen molar-refractivity contribution in [3.05, 3.63) is 47.6 Å². The van der Waals surface area contributed by atoms with Crippen LogP contribution in [0, 0.1) is 46.8 Å². The minimum Gasteiger partial charge on any atom is -0.0953 e. The molecule has 0 bridgehead atoms. The zero-order valence-electron chi connectivity index (χ0n) is 21.0. The predicted molar refractivity (Wildman–Crippen MR) is 133 cm³/mol. The smallest absolute Gasteiger partial charge is 0.0143 e. The lowest BCUT2D eigenvalue weighted by molar-refractivity contribution is 0.112. The summed E-state index contributed by atoms with van der Waals surface area (Å²) in [4.78, 5) is 0. The number of hydrogen-bond donors (Lipinski definition) is 0. The van der Waals surface area contributed by atoms with Gasteiger partial charge in [0.25, 0.3) is 0 Å². The van der Waals surface area contributed by atoms with Gasteiger partial charge in [-0.3, -0.25) is 0 Å². The summed E-state index contributed by atoms with van der Waals surface area (Å²) in [6, 6.07) is 0. The van der Waals surface area contributed by atoms with Gasteiger partial charge in [-0.25, -0.2) is 0 Å². The Bertz CT molecular complexity index is 702. The van der Waals surface area contributed by atoms with Gasteiger partial charge in [0.2, 0.25) is 0 Å². The minimum atomic E-state index is 0.484. The van der Waals surface area contributed by atoms with Gasteiger partial charge >= 0.3 is 0 Å². The van der Waals surface area contributed by atoms with E-state index in [0.717, 1.165) is 23.7 Å². The van der Waals surface area contributed by atoms with Crippen LogP contribution in [0.1, 0.15) is 93.4 Å². The molecule has 3 aliphatic rings. The largest absolute Gasteiger partial charge is 0.0953 e. The summed E-state index contributed by atoms with van der Waals surface area (Å²) in [6.07, 6.45) is 19.4. The molecular formula is C30H48. The third-order valence-corrected chi connectivity index (χ3v) is 9.27. The third kappa shape index (κ3) is 4.89. The van der Waals surface area contributed by atoms with E-state index in [4.69, 9.17) is 0 Å². The minimum absolute atomic E-state index is 0.484. The van der Waals surface area contributed by atoms with E-state index in [0.29, 0.717) is 23.2 Å². The highest BCUT2D eigenvalue weighted by Crippen LogP contribution is 2.59. The molecule has 3 fully saturated rings. The van der Waals surface area contributed by atoms with Crippen molar-refractivity contribution in [2.45, 2.75) is 93.4 Å². The summed E-state index contributed by atoms with van der Waals surface area (Å²) in [6.45, 7) is 21.3. The van der Waals surface area contributed by atoms with Crippen molar-refractivity contribution in [3.63, 3.8) is 0 Å². The van der Waals surface area contributed by atoms with Gasteiger partial charge in [0.05, 0.1) is 0 Å². The van der Waals surface area contributed by atoms with Crippen LogP contribution < -0.4 is 0 Å². The molecule has 0 aromatic heterocycles. The van der Waals surface area contributed by atoms with Crippen molar-refractivity contribution in [2.75, 3.05) is 0 Å². The fourth-order valence-corrected chi connectivity index (χ4v) is 6.88. The van der Waals surface area contributed by atoms with Crippen LogP contribution in [0.15, 0.2) is 47.6 Å². The molecular weight excluding hydrogens is 360 g/mol. The molecule has 0 heteroatoms. The Kier molecular flexibility index (Phi) is 7.57. The van der Waals surface area contributed by atoms with Crippen LogP contribution in [0.25, 0.3) is 0 Å². The van der Waals surface area contributed by atoms with E-state index in [9.17, 15) is 0 Å². The predicted octanol–water partition coefficient (Wildman–Crippen LogP) is 9.16. The number of hydrogen-bond acceptors (Lipinski definition) is 0. The Morgan fingerprint density at radius 1 is 1.03 bits per heavy atom. The van der Waals surface area contributed by atoms with Crippen molar-refractivity contribution < 1.29 is 0 Å². The second kappa shape index (κ2) is 9.62. The van der Waals surface area contributed by atoms with E-state index in [1.54, 1.807) is 5.57 Å². The first-order chi connectivity index (χ1) is 14.1. The molecule has 0 radical (unpaired) electrons. The van der Waals surface area contributed by atoms with E-state index in [-0.39, 0.29) is 0 Å². The lowest BCUT2D eigenvalue weighted by atomic mass is 9.61. The van der Waals surface area contributed by atoms with E-state index in [1.165, 1.54) is 56.1 Å². The van der Waals surface area contributed by atoms with E-state index in [2.05, 4.69) is 79.3 Å². The average molecular weight is 409 g/mol. The highest BCUT2D eigenvalue weighted by Gasteiger charge is 2.50. The molecule has 3 rings (SSSR count). The van der Waals surface area contributed by atoms with Crippen LogP contribution in [0.5, 0.6) is 0 Å². The first-order valence-electron chi connectivity index (χ1n) is 12.9. The number of rotatable bonds is 5. The van der Waals surface area contributed by atoms with Gasteiger partial charge in [0.1, 0.15) is 0 Å². The highest BCUT2D eigenvalue weighted by atomic mass is 14.5. The summed E-state index contributed by atoms with van der Waals surface area (Å²) in [5.41, 5.74) is 5.14. The van der Waals surface area contributed by atoms with Crippen LogP contribution in [0.3, 0.4) is 0 Å². The molecule has 0 aromatic rings. The third-order valence-electron chi connectivity index (χ3n) is 9.27. The van der Waals surface area contributed by atoms with Crippen molar-refractivity contribution in [2.24, 2.45) is 46.8 Å². The summed E-state index contributed by atoms with van der Waals surface area (Å²) in [5, 5.41) is 0. The van der Waals surface area contributed by atoms with Crippen LogP contribution in [0.2, 0.25) is 0 Å². The summed E-state index contributed by atoms with van der Waals surface area (Å²) < 4.78 is 0. The summed E-state index contributed by atoms with van der Waals surface area (Å²) >= 11 is 0. The Hall–Kier alpha value is -1.04. The topological polar surface area (TPSA) is 0 Å². The highest BCUT2D eigenvalue weighted by molar-refractivity contribution is 5.37. The Labute approximate surface area is 188 Å². The Morgan fingerprint density at radius 3 is 2.47 bits per heavy atom. The van der Waals surface area contributed by atoms with Crippen LogP contribution in [-0.2, 0) is 0 Å². The quantitative estimate of drug-likeness (QED) is 0.398. The maximum Gasteiger partial charge on any atom is -0.0143 e. The number of fused-ring (bicyclic) bond motifs is 1. The van der Waals surface area contributed by atoms with E-state index >= 15 is 0 Å². The lowest BCUT2D eigenvalue weighted by Crippen LogP contribution is -2.35. The normalized spacial score (nSPS) is 39.8. The molecule has 0 aromatic carbocycles. The summed E-state index contributed by atoms with van der Waals surface area (Å²) in [5.74, 6) is 5.17. The standard InChI is InChI=1S/C30H48/c1-20(2)22(4)11-12-23(5)28-15-16-29-26(10-9-17-30(28,29)8)13-14-27-19-21(3)18-24(6)25(27)7/h11-14,20-24,28-29H,7,9-10,15-19H2,1-6,8H3/b12-11+,26-13+,27-14+/t21-,22-,23+,24-,28?,29-,30+/m0/s1. The van der Waals surface area contributed by atoms with Crippen molar-refractivity contribution >= 4 is 0 Å². The van der Waals surface area contributed by atoms with Crippen molar-refractivity contribution in [1.82, 2.24) is 0 Å². The Balaban J connectivity index is 1.76. The zero-order valence-corrected chi connectivity index (χ0v) is 21.0. The molecule has 0 heterocycles. The van der Waals surface area contributed by atoms with E-state index in [1.807, 2.05) is 0 Å². The maximum absolute atomic E-state index is 4.43. The van der Waals surface area contributed by atoms with Crippen LogP contribution >= 0.6 is 0 Å². The molecule has 0 N–H and O–H groups in total. The molecule has 0 nitrogen and oxygen atoms in total. The molecule has 7 atom stereocenters. The average Bonchev–Trinajstić information content (AvgIpc) is 3.04. The molecule has 30 heavy (non-hydrogen) atoms. The molecule has 0 aliphatic heterocycles. The van der Waals surface area contributed by atoms with Gasteiger partial charge in [-0.1, -0.05) is 84.9 Å². The lowest BCUT2D eigenvalue weighted by Gasteiger charge is -2.44. The zero-order chi connectivity index (χ0) is 22.1. The van der Waals surface area contributed by atoms with Gasteiger partial charge in [-0.2, -0.15) is 0 Å². The van der Waals surface area contributed by atoms with Crippen LogP contribution in [0.4, 0.5) is 0 Å². The number of allylic oxidation sites excluding steroid dienone is 7. The Morgan fingerprint density at radius 2 is 1.77 bits per heavy atom. The van der Waals surface area contributed by atoms with E-state index < -0.39 is 0 Å². The van der Waals surface area contributed by atoms with Gasteiger partial charge in [0, 0.05) is 0 Å². The molecule has 1 unspecified atom stereocenters. The van der Waals surface area contributed by atoms with Gasteiger partial charge in [-0.15, -0.1) is 0 Å². The van der Waals surface area contributed by atoms with Gasteiger partial charge < -0.3 is 0 Å². The molecule has 168 valence electrons. The van der Waals surface area contributed by atoms with Crippen molar-refractivity contribution in [1.29, 1.82) is 0 Å². The molecule has 3 saturated carbocycles. The SMILES string of the molecule is C=C1/C(=C/C=C2\CCC[C@]3(C)C([C@H](C)/C=C/[C@H](C)C(C)C)CC[C@@H]23)C[C@@H](C)C[C@@H]1C. The van der Waals surface area contributed by atoms with Gasteiger partial charge in [-0.05, 0) is 103 Å². The molecule has 3 aliphatic carbocycles. The molecule has 0 spiro atoms. The molecule has 0 amide bonds. The maximum atomic E-state index is 4.43. The first-order valence-corrected chi connectivity index (χ1v) is 12.9. The summed E-state index contributed by atoms with van der Waals surface area (Å²) in [7, 11) is 0. The van der Waals surface area contributed by atoms with Gasteiger partial charge in [0.15, 0.2) is 0 Å². The first kappa shape index (κ1) is 23.6. The monoisotopic (exact) mass is 408 g/mol. The van der Waals surface area contributed by atoms with Crippen molar-refractivity contribution in [3.8, 4) is 0 Å². The fraction of sp³-hybridized carbons (Fsp3) is 0.733. The second-order valence-corrected chi connectivity index (χ2v) is 11.8. The second-order valence-electron chi connectivity index (χ2n) is 11.8.